The number of esters is 1. The summed E-state index contributed by atoms with van der Waals surface area (Å²) in [6.45, 7) is 4.25. The van der Waals surface area contributed by atoms with Crippen molar-refractivity contribution in [2.24, 2.45) is 5.92 Å². The molecule has 0 amide bonds. The van der Waals surface area contributed by atoms with Gasteiger partial charge in [0.2, 0.25) is 0 Å². The van der Waals surface area contributed by atoms with E-state index >= 15 is 0 Å². The van der Waals surface area contributed by atoms with Crippen molar-refractivity contribution < 1.29 is 9.53 Å². The number of aromatic nitrogens is 2. The van der Waals surface area contributed by atoms with Gasteiger partial charge in [0.25, 0.3) is 5.56 Å². The van der Waals surface area contributed by atoms with E-state index in [0.29, 0.717) is 17.5 Å². The summed E-state index contributed by atoms with van der Waals surface area (Å²) in [6.07, 6.45) is 2.52. The number of carbonyl (C=O) groups excluding carboxylic acids is 1. The predicted octanol–water partition coefficient (Wildman–Crippen LogP) is 3.22. The van der Waals surface area contributed by atoms with E-state index in [9.17, 15) is 9.59 Å². The summed E-state index contributed by atoms with van der Waals surface area (Å²) >= 11 is 1.49. The number of benzene rings is 1. The zero-order valence-corrected chi connectivity index (χ0v) is 16.1. The Kier molecular flexibility index (Phi) is 6.14. The van der Waals surface area contributed by atoms with Crippen molar-refractivity contribution in [2.75, 3.05) is 6.61 Å². The normalized spacial score (nSPS) is 13.0. The molecule has 0 radical (unpaired) electrons. The van der Waals surface area contributed by atoms with Crippen LogP contribution in [0.2, 0.25) is 0 Å². The number of aryl methyl sites for hydroxylation is 1. The lowest BCUT2D eigenvalue weighted by Gasteiger charge is -2.14. The maximum absolute atomic E-state index is 12.9. The monoisotopic (exact) mass is 372 g/mol. The molecule has 0 spiro atoms. The highest BCUT2D eigenvalue weighted by Crippen LogP contribution is 2.24. The molecule has 1 aromatic heterocycles. The van der Waals surface area contributed by atoms with E-state index in [0.717, 1.165) is 36.1 Å². The quantitative estimate of drug-likeness (QED) is 0.424. The zero-order valence-electron chi connectivity index (χ0n) is 15.2. The van der Waals surface area contributed by atoms with Crippen molar-refractivity contribution >= 4 is 17.7 Å². The van der Waals surface area contributed by atoms with Gasteiger partial charge in [-0.2, -0.15) is 0 Å². The Labute approximate surface area is 157 Å². The van der Waals surface area contributed by atoms with Crippen LogP contribution in [0.1, 0.15) is 37.1 Å². The average Bonchev–Trinajstić information content (AvgIpc) is 3.10. The number of rotatable bonds is 7. The third kappa shape index (κ3) is 4.55. The number of carbonyl (C=O) groups is 1. The highest BCUT2D eigenvalue weighted by atomic mass is 32.2. The highest BCUT2D eigenvalue weighted by Gasteiger charge is 2.22. The molecular formula is C20H24N2O3S. The van der Waals surface area contributed by atoms with Crippen LogP contribution in [0.4, 0.5) is 0 Å². The van der Waals surface area contributed by atoms with E-state index in [1.54, 1.807) is 0 Å². The number of nitrogens with zero attached hydrogens (tertiary/aromatic N) is 2. The van der Waals surface area contributed by atoms with E-state index in [1.807, 2.05) is 44.2 Å². The van der Waals surface area contributed by atoms with E-state index in [4.69, 9.17) is 9.72 Å². The fourth-order valence-electron chi connectivity index (χ4n) is 2.91. The van der Waals surface area contributed by atoms with Crippen molar-refractivity contribution in [1.29, 1.82) is 0 Å². The van der Waals surface area contributed by atoms with Crippen LogP contribution in [0.5, 0.6) is 0 Å². The summed E-state index contributed by atoms with van der Waals surface area (Å²) < 4.78 is 6.75. The Bertz CT molecular complexity index is 831. The first-order valence-electron chi connectivity index (χ1n) is 8.99. The Morgan fingerprint density at radius 2 is 2.04 bits per heavy atom. The summed E-state index contributed by atoms with van der Waals surface area (Å²) in [6, 6.07) is 10.0. The lowest BCUT2D eigenvalue weighted by atomic mass is 10.2. The van der Waals surface area contributed by atoms with Crippen molar-refractivity contribution in [3.63, 3.8) is 0 Å². The topological polar surface area (TPSA) is 61.2 Å². The van der Waals surface area contributed by atoms with Crippen LogP contribution in [0.3, 0.4) is 0 Å². The van der Waals surface area contributed by atoms with Crippen LogP contribution in [0.25, 0.3) is 0 Å². The van der Waals surface area contributed by atoms with Gasteiger partial charge in [-0.3, -0.25) is 14.2 Å². The first kappa shape index (κ1) is 18.7. The average molecular weight is 372 g/mol. The molecule has 26 heavy (non-hydrogen) atoms. The molecule has 0 unspecified atom stereocenters. The minimum Gasteiger partial charge on any atom is -0.464 e. The zero-order chi connectivity index (χ0) is 18.5. The van der Waals surface area contributed by atoms with Gasteiger partial charge in [0.15, 0.2) is 5.16 Å². The van der Waals surface area contributed by atoms with E-state index in [1.165, 1.54) is 16.3 Å². The first-order chi connectivity index (χ1) is 12.5. The van der Waals surface area contributed by atoms with E-state index < -0.39 is 0 Å². The molecule has 6 heteroatoms. The maximum atomic E-state index is 12.9. The Balaban J connectivity index is 1.83. The molecule has 5 nitrogen and oxygen atoms in total. The van der Waals surface area contributed by atoms with Crippen LogP contribution >= 0.6 is 11.8 Å². The van der Waals surface area contributed by atoms with Gasteiger partial charge in [-0.25, -0.2) is 4.98 Å². The summed E-state index contributed by atoms with van der Waals surface area (Å²) in [7, 11) is 0. The number of fused-ring (bicyclic) bond motifs is 1. The second kappa shape index (κ2) is 8.54. The van der Waals surface area contributed by atoms with Crippen LogP contribution in [-0.2, 0) is 34.7 Å². The highest BCUT2D eigenvalue weighted by molar-refractivity contribution is 7.98. The maximum Gasteiger partial charge on any atom is 0.326 e. The molecule has 0 saturated heterocycles. The van der Waals surface area contributed by atoms with Crippen molar-refractivity contribution in [3.05, 3.63) is 57.5 Å². The molecule has 0 bridgehead atoms. The van der Waals surface area contributed by atoms with Gasteiger partial charge in [0.05, 0.1) is 12.3 Å². The lowest BCUT2D eigenvalue weighted by molar-refractivity contribution is -0.145. The Morgan fingerprint density at radius 1 is 1.27 bits per heavy atom. The Hall–Kier alpha value is -2.08. The van der Waals surface area contributed by atoms with Gasteiger partial charge in [0.1, 0.15) is 6.54 Å². The number of ether oxygens (including phenoxy) is 1. The van der Waals surface area contributed by atoms with Crippen LogP contribution in [0, 0.1) is 5.92 Å². The molecule has 138 valence electrons. The molecule has 2 aromatic rings. The molecule has 1 heterocycles. The smallest absolute Gasteiger partial charge is 0.326 e. The summed E-state index contributed by atoms with van der Waals surface area (Å²) in [5, 5.41) is 0.598. The standard InChI is InChI=1S/C20H24N2O3S/c1-14(2)12-25-18(23)11-22-19(24)16-9-6-10-17(16)21-20(22)26-13-15-7-4-3-5-8-15/h3-5,7-8,14H,6,9-13H2,1-2H3. The predicted molar refractivity (Wildman–Crippen MR) is 102 cm³/mol. The molecule has 0 fully saturated rings. The molecule has 0 N–H and O–H groups in total. The molecule has 1 aliphatic carbocycles. The van der Waals surface area contributed by atoms with Gasteiger partial charge in [-0.1, -0.05) is 55.9 Å². The van der Waals surface area contributed by atoms with Crippen LogP contribution < -0.4 is 5.56 Å². The minimum absolute atomic E-state index is 0.0804. The summed E-state index contributed by atoms with van der Waals surface area (Å²) in [5.74, 6) is 0.579. The molecule has 1 aromatic carbocycles. The van der Waals surface area contributed by atoms with Crippen LogP contribution in [0.15, 0.2) is 40.3 Å². The molecule has 0 aliphatic heterocycles. The minimum atomic E-state index is -0.387. The second-order valence-corrected chi connectivity index (χ2v) is 7.86. The number of hydrogen-bond donors (Lipinski definition) is 0. The SMILES string of the molecule is CC(C)COC(=O)Cn1c(SCc2ccccc2)nc2c(c1=O)CCC2. The summed E-state index contributed by atoms with van der Waals surface area (Å²) in [4.78, 5) is 29.7. The van der Waals surface area contributed by atoms with Gasteiger partial charge >= 0.3 is 5.97 Å². The van der Waals surface area contributed by atoms with Gasteiger partial charge in [-0.05, 0) is 30.7 Å². The van der Waals surface area contributed by atoms with E-state index in [-0.39, 0.29) is 24.0 Å². The van der Waals surface area contributed by atoms with E-state index in [2.05, 4.69) is 0 Å². The lowest BCUT2D eigenvalue weighted by Crippen LogP contribution is -2.31. The molecule has 0 saturated carbocycles. The third-order valence-corrected chi connectivity index (χ3v) is 5.28. The third-order valence-electron chi connectivity index (χ3n) is 4.23. The van der Waals surface area contributed by atoms with Crippen molar-refractivity contribution in [2.45, 2.75) is 50.6 Å². The fraction of sp³-hybridized carbons (Fsp3) is 0.450. The fourth-order valence-corrected chi connectivity index (χ4v) is 3.88. The van der Waals surface area contributed by atoms with Gasteiger partial charge in [0, 0.05) is 11.3 Å². The number of hydrogen-bond acceptors (Lipinski definition) is 5. The second-order valence-electron chi connectivity index (χ2n) is 6.92. The van der Waals surface area contributed by atoms with Crippen molar-refractivity contribution in [3.8, 4) is 0 Å². The Morgan fingerprint density at radius 3 is 2.77 bits per heavy atom. The largest absolute Gasteiger partial charge is 0.464 e. The first-order valence-corrected chi connectivity index (χ1v) is 9.98. The molecule has 1 aliphatic rings. The summed E-state index contributed by atoms with van der Waals surface area (Å²) in [5.41, 5.74) is 2.70. The van der Waals surface area contributed by atoms with Gasteiger partial charge < -0.3 is 4.74 Å². The number of thioether (sulfide) groups is 1. The molecular weight excluding hydrogens is 348 g/mol. The van der Waals surface area contributed by atoms with Gasteiger partial charge in [-0.15, -0.1) is 0 Å². The van der Waals surface area contributed by atoms with Crippen LogP contribution in [-0.4, -0.2) is 22.1 Å². The molecule has 3 rings (SSSR count). The van der Waals surface area contributed by atoms with Crippen molar-refractivity contribution in [1.82, 2.24) is 9.55 Å². The molecule has 0 atom stereocenters.